The number of carbonyl (C=O) groups excluding carboxylic acids is 1. The number of nitrogens with zero attached hydrogens (tertiary/aromatic N) is 2. The number of aromatic nitrogens is 2. The number of aliphatic hydroxyl groups is 1. The highest BCUT2D eigenvalue weighted by Crippen LogP contribution is 2.24. The number of rotatable bonds is 7. The number of aliphatic hydroxyl groups excluding tert-OH is 1. The van der Waals surface area contributed by atoms with E-state index in [0.717, 1.165) is 12.8 Å². The number of fused-ring (bicyclic) bond motifs is 1. The summed E-state index contributed by atoms with van der Waals surface area (Å²) < 4.78 is 1.30. The highest BCUT2D eigenvalue weighted by Gasteiger charge is 2.25. The van der Waals surface area contributed by atoms with Gasteiger partial charge in [-0.25, -0.2) is 4.98 Å². The molecule has 0 aliphatic carbocycles. The fourth-order valence-corrected chi connectivity index (χ4v) is 2.49. The molecule has 1 aromatic heterocycles. The summed E-state index contributed by atoms with van der Waals surface area (Å²) in [7, 11) is 0. The molecule has 1 heterocycles. The van der Waals surface area contributed by atoms with Gasteiger partial charge in [0, 0.05) is 12.0 Å². The first-order valence-corrected chi connectivity index (χ1v) is 7.87. The Bertz CT molecular complexity index is 727. The topological polar surface area (TPSA) is 84.2 Å². The minimum absolute atomic E-state index is 0.0256. The monoisotopic (exact) mass is 317 g/mol. The first-order chi connectivity index (χ1) is 11.0. The van der Waals surface area contributed by atoms with Gasteiger partial charge in [0.1, 0.15) is 6.54 Å². The second kappa shape index (κ2) is 7.37. The van der Waals surface area contributed by atoms with Crippen molar-refractivity contribution in [1.82, 2.24) is 14.9 Å². The molecule has 0 aliphatic rings. The summed E-state index contributed by atoms with van der Waals surface area (Å²) in [5.41, 5.74) is 0.0815. The van der Waals surface area contributed by atoms with E-state index < -0.39 is 0 Å². The second-order valence-corrected chi connectivity index (χ2v) is 5.84. The summed E-state index contributed by atoms with van der Waals surface area (Å²) in [6.07, 6.45) is 2.94. The van der Waals surface area contributed by atoms with Gasteiger partial charge in [-0.05, 0) is 25.0 Å². The first-order valence-electron chi connectivity index (χ1n) is 7.87. The molecule has 1 amide bonds. The number of nitrogens with one attached hydrogen (secondary N) is 1. The minimum Gasteiger partial charge on any atom is -0.396 e. The van der Waals surface area contributed by atoms with Crippen molar-refractivity contribution in [2.45, 2.75) is 33.2 Å². The predicted octanol–water partition coefficient (Wildman–Crippen LogP) is 1.31. The molecule has 0 aliphatic heterocycles. The van der Waals surface area contributed by atoms with Crippen LogP contribution in [0.5, 0.6) is 0 Å². The van der Waals surface area contributed by atoms with Crippen LogP contribution in [0.4, 0.5) is 0 Å². The average Bonchev–Trinajstić information content (AvgIpc) is 2.59. The van der Waals surface area contributed by atoms with Gasteiger partial charge in [0.15, 0.2) is 0 Å². The molecule has 2 N–H and O–H groups in total. The van der Waals surface area contributed by atoms with Gasteiger partial charge in [-0.1, -0.05) is 26.0 Å². The zero-order valence-electron chi connectivity index (χ0n) is 13.6. The van der Waals surface area contributed by atoms with E-state index in [2.05, 4.69) is 10.3 Å². The molecule has 124 valence electrons. The van der Waals surface area contributed by atoms with Crippen LogP contribution in [0.2, 0.25) is 0 Å². The molecule has 1 aromatic carbocycles. The van der Waals surface area contributed by atoms with E-state index in [4.69, 9.17) is 0 Å². The van der Waals surface area contributed by atoms with Crippen LogP contribution in [0.15, 0.2) is 35.4 Å². The predicted molar refractivity (Wildman–Crippen MR) is 89.1 cm³/mol. The highest BCUT2D eigenvalue weighted by molar-refractivity contribution is 5.78. The van der Waals surface area contributed by atoms with Gasteiger partial charge < -0.3 is 10.4 Å². The second-order valence-electron chi connectivity index (χ2n) is 5.84. The number of para-hydroxylation sites is 1. The van der Waals surface area contributed by atoms with Crippen LogP contribution in [0, 0.1) is 5.41 Å². The van der Waals surface area contributed by atoms with Crippen LogP contribution in [0.3, 0.4) is 0 Å². The quantitative estimate of drug-likeness (QED) is 0.806. The van der Waals surface area contributed by atoms with Gasteiger partial charge in [0.25, 0.3) is 5.56 Å². The van der Waals surface area contributed by atoms with Crippen molar-refractivity contribution >= 4 is 16.8 Å². The van der Waals surface area contributed by atoms with Crippen LogP contribution >= 0.6 is 0 Å². The van der Waals surface area contributed by atoms with E-state index in [-0.39, 0.29) is 30.0 Å². The third kappa shape index (κ3) is 3.76. The Morgan fingerprint density at radius 3 is 2.65 bits per heavy atom. The van der Waals surface area contributed by atoms with Crippen molar-refractivity contribution < 1.29 is 9.90 Å². The number of hydrogen-bond acceptors (Lipinski definition) is 4. The Hall–Kier alpha value is -2.21. The van der Waals surface area contributed by atoms with Crippen LogP contribution in [-0.2, 0) is 11.3 Å². The van der Waals surface area contributed by atoms with Crippen LogP contribution in [0.25, 0.3) is 10.9 Å². The third-order valence-electron chi connectivity index (χ3n) is 4.54. The van der Waals surface area contributed by atoms with Crippen molar-refractivity contribution in [3.05, 3.63) is 40.9 Å². The molecule has 6 nitrogen and oxygen atoms in total. The lowest BCUT2D eigenvalue weighted by Crippen LogP contribution is -2.41. The van der Waals surface area contributed by atoms with Gasteiger partial charge in [-0.15, -0.1) is 0 Å². The molecule has 2 aromatic rings. The molecule has 0 atom stereocenters. The maximum atomic E-state index is 12.3. The maximum Gasteiger partial charge on any atom is 0.261 e. The lowest BCUT2D eigenvalue weighted by atomic mass is 9.83. The van der Waals surface area contributed by atoms with E-state index in [1.807, 2.05) is 19.9 Å². The number of carbonyl (C=O) groups is 1. The third-order valence-corrected chi connectivity index (χ3v) is 4.54. The number of benzene rings is 1. The van der Waals surface area contributed by atoms with Gasteiger partial charge in [-0.3, -0.25) is 14.2 Å². The molecule has 6 heteroatoms. The lowest BCUT2D eigenvalue weighted by Gasteiger charge is -2.29. The minimum atomic E-state index is -0.303. The Morgan fingerprint density at radius 1 is 1.30 bits per heavy atom. The largest absolute Gasteiger partial charge is 0.396 e. The molecule has 2 rings (SSSR count). The molecule has 0 spiro atoms. The van der Waals surface area contributed by atoms with Crippen LogP contribution in [-0.4, -0.2) is 33.7 Å². The standard InChI is InChI=1S/C17H23N3O3/c1-3-17(4-2,11-21)10-18-15(22)9-20-12-19-14-8-6-5-7-13(14)16(20)23/h5-8,12,21H,3-4,9-11H2,1-2H3,(H,18,22). The molecule has 0 saturated heterocycles. The highest BCUT2D eigenvalue weighted by atomic mass is 16.3. The van der Waals surface area contributed by atoms with Gasteiger partial charge in [0.2, 0.25) is 5.91 Å². The molecule has 0 saturated carbocycles. The first kappa shape index (κ1) is 17.1. The SMILES string of the molecule is CCC(CC)(CO)CNC(=O)Cn1cnc2ccccc2c1=O. The molecule has 0 unspecified atom stereocenters. The van der Waals surface area contributed by atoms with Crippen molar-refractivity contribution in [3.8, 4) is 0 Å². The molecular formula is C17H23N3O3. The summed E-state index contributed by atoms with van der Waals surface area (Å²) in [5.74, 6) is -0.260. The lowest BCUT2D eigenvalue weighted by molar-refractivity contribution is -0.122. The smallest absolute Gasteiger partial charge is 0.261 e. The maximum absolute atomic E-state index is 12.3. The van der Waals surface area contributed by atoms with E-state index in [0.29, 0.717) is 17.4 Å². The fourth-order valence-electron chi connectivity index (χ4n) is 2.49. The zero-order valence-corrected chi connectivity index (χ0v) is 13.6. The molecule has 0 fully saturated rings. The Labute approximate surface area is 135 Å². The molecule has 0 bridgehead atoms. The summed E-state index contributed by atoms with van der Waals surface area (Å²) in [6, 6.07) is 7.05. The molecule has 23 heavy (non-hydrogen) atoms. The Morgan fingerprint density at radius 2 is 2.00 bits per heavy atom. The van der Waals surface area contributed by atoms with E-state index in [1.54, 1.807) is 18.2 Å². The van der Waals surface area contributed by atoms with E-state index >= 15 is 0 Å². The normalized spacial score (nSPS) is 11.6. The average molecular weight is 317 g/mol. The van der Waals surface area contributed by atoms with E-state index in [1.165, 1.54) is 10.9 Å². The fraction of sp³-hybridized carbons (Fsp3) is 0.471. The van der Waals surface area contributed by atoms with Crippen molar-refractivity contribution in [2.75, 3.05) is 13.2 Å². The summed E-state index contributed by atoms with van der Waals surface area (Å²) in [4.78, 5) is 28.6. The zero-order chi connectivity index (χ0) is 16.9. The van der Waals surface area contributed by atoms with Crippen molar-refractivity contribution in [2.24, 2.45) is 5.41 Å². The number of amides is 1. The summed E-state index contributed by atoms with van der Waals surface area (Å²) in [6.45, 7) is 4.32. The molecule has 0 radical (unpaired) electrons. The van der Waals surface area contributed by atoms with Gasteiger partial charge in [0.05, 0.1) is 23.8 Å². The Kier molecular flexibility index (Phi) is 5.50. The Balaban J connectivity index is 2.09. The van der Waals surface area contributed by atoms with Gasteiger partial charge in [-0.2, -0.15) is 0 Å². The van der Waals surface area contributed by atoms with Crippen molar-refractivity contribution in [1.29, 1.82) is 0 Å². The van der Waals surface area contributed by atoms with Crippen LogP contribution < -0.4 is 10.9 Å². The van der Waals surface area contributed by atoms with Crippen molar-refractivity contribution in [3.63, 3.8) is 0 Å². The summed E-state index contributed by atoms with van der Waals surface area (Å²) in [5, 5.41) is 12.8. The molecular weight excluding hydrogens is 294 g/mol. The number of hydrogen-bond donors (Lipinski definition) is 2. The van der Waals surface area contributed by atoms with E-state index in [9.17, 15) is 14.7 Å². The van der Waals surface area contributed by atoms with Gasteiger partial charge >= 0.3 is 0 Å². The van der Waals surface area contributed by atoms with Crippen LogP contribution in [0.1, 0.15) is 26.7 Å². The summed E-state index contributed by atoms with van der Waals surface area (Å²) >= 11 is 0.